The van der Waals surface area contributed by atoms with Gasteiger partial charge >= 0.3 is 0 Å². The van der Waals surface area contributed by atoms with E-state index in [0.717, 1.165) is 42.4 Å². The predicted molar refractivity (Wildman–Crippen MR) is 122 cm³/mol. The Bertz CT molecular complexity index is 1040. The molecule has 3 atom stereocenters. The number of benzene rings is 2. The molecule has 1 aliphatic heterocycles. The summed E-state index contributed by atoms with van der Waals surface area (Å²) in [4.78, 5) is 28.5. The summed E-state index contributed by atoms with van der Waals surface area (Å²) in [7, 11) is 3.44. The van der Waals surface area contributed by atoms with Crippen molar-refractivity contribution in [2.75, 3.05) is 20.7 Å². The fourth-order valence-corrected chi connectivity index (χ4v) is 5.17. The Morgan fingerprint density at radius 2 is 1.75 bits per heavy atom. The SMILES string of the molecule is CN(C)C(=O)c1ccc(-c2ccccc2[C@H]2[C@@H](CO)N(C(=O)C3CCCC3)[C@H]2C#N)cc1. The molecule has 166 valence electrons. The third-order valence-electron chi connectivity index (χ3n) is 6.86. The number of hydrogen-bond acceptors (Lipinski definition) is 4. The highest BCUT2D eigenvalue weighted by molar-refractivity contribution is 5.94. The molecule has 0 bridgehead atoms. The standard InChI is InChI=1S/C26H29N3O3/c1-28(2)25(31)19-13-11-17(12-14-19)20-9-5-6-10-21(20)24-22(15-27)29(23(24)16-30)26(32)18-7-3-4-8-18/h5-6,9-14,18,22-24,30H,3-4,7-8,16H2,1-2H3/t22-,23+,24+/m0/s1. The molecule has 6 nitrogen and oxygen atoms in total. The molecule has 2 aromatic carbocycles. The number of likely N-dealkylation sites (tertiary alicyclic amines) is 1. The second kappa shape index (κ2) is 9.13. The van der Waals surface area contributed by atoms with Gasteiger partial charge in [0.25, 0.3) is 5.91 Å². The van der Waals surface area contributed by atoms with Gasteiger partial charge in [-0.25, -0.2) is 0 Å². The third-order valence-corrected chi connectivity index (χ3v) is 6.86. The average Bonchev–Trinajstić information content (AvgIpc) is 3.34. The molecule has 1 N–H and O–H groups in total. The zero-order chi connectivity index (χ0) is 22.8. The first kappa shape index (κ1) is 22.0. The van der Waals surface area contributed by atoms with Crippen molar-refractivity contribution in [2.45, 2.75) is 43.7 Å². The van der Waals surface area contributed by atoms with Crippen LogP contribution in [0.2, 0.25) is 0 Å². The van der Waals surface area contributed by atoms with Crippen LogP contribution in [0.25, 0.3) is 11.1 Å². The summed E-state index contributed by atoms with van der Waals surface area (Å²) in [5.74, 6) is -0.337. The number of carbonyl (C=O) groups excluding carboxylic acids is 2. The van der Waals surface area contributed by atoms with Crippen molar-refractivity contribution < 1.29 is 14.7 Å². The number of rotatable bonds is 5. The molecular formula is C26H29N3O3. The minimum absolute atomic E-state index is 0.00776. The van der Waals surface area contributed by atoms with Crippen LogP contribution in [0.4, 0.5) is 0 Å². The first-order valence-electron chi connectivity index (χ1n) is 11.2. The van der Waals surface area contributed by atoms with Crippen LogP contribution in [0.1, 0.15) is 47.5 Å². The lowest BCUT2D eigenvalue weighted by Crippen LogP contribution is -2.66. The van der Waals surface area contributed by atoms with Gasteiger partial charge in [-0.3, -0.25) is 9.59 Å². The first-order valence-corrected chi connectivity index (χ1v) is 11.2. The molecule has 0 aromatic heterocycles. The summed E-state index contributed by atoms with van der Waals surface area (Å²) in [6.45, 7) is -0.175. The number of aliphatic hydroxyl groups excluding tert-OH is 1. The summed E-state index contributed by atoms with van der Waals surface area (Å²) in [6, 6.07) is 16.6. The van der Waals surface area contributed by atoms with Crippen molar-refractivity contribution in [1.29, 1.82) is 5.26 Å². The van der Waals surface area contributed by atoms with Gasteiger partial charge in [-0.1, -0.05) is 49.2 Å². The highest BCUT2D eigenvalue weighted by Crippen LogP contribution is 2.45. The maximum absolute atomic E-state index is 13.1. The van der Waals surface area contributed by atoms with E-state index in [2.05, 4.69) is 6.07 Å². The van der Waals surface area contributed by atoms with E-state index in [-0.39, 0.29) is 30.3 Å². The van der Waals surface area contributed by atoms with Crippen molar-refractivity contribution in [2.24, 2.45) is 5.92 Å². The lowest BCUT2D eigenvalue weighted by Gasteiger charge is -2.52. The zero-order valence-corrected chi connectivity index (χ0v) is 18.6. The maximum atomic E-state index is 13.1. The summed E-state index contributed by atoms with van der Waals surface area (Å²) in [5, 5.41) is 20.1. The van der Waals surface area contributed by atoms with Gasteiger partial charge in [-0.2, -0.15) is 5.26 Å². The zero-order valence-electron chi connectivity index (χ0n) is 18.6. The summed E-state index contributed by atoms with van der Waals surface area (Å²) in [5.41, 5.74) is 3.44. The fourth-order valence-electron chi connectivity index (χ4n) is 5.17. The molecule has 32 heavy (non-hydrogen) atoms. The second-order valence-electron chi connectivity index (χ2n) is 8.94. The molecule has 1 heterocycles. The van der Waals surface area contributed by atoms with E-state index in [4.69, 9.17) is 0 Å². The number of hydrogen-bond donors (Lipinski definition) is 1. The van der Waals surface area contributed by atoms with E-state index >= 15 is 0 Å². The molecule has 2 aliphatic rings. The molecule has 2 fully saturated rings. The van der Waals surface area contributed by atoms with E-state index in [9.17, 15) is 20.0 Å². The minimum atomic E-state index is -0.587. The molecule has 1 saturated heterocycles. The number of nitrogens with zero attached hydrogens (tertiary/aromatic N) is 3. The van der Waals surface area contributed by atoms with Crippen molar-refractivity contribution in [3.8, 4) is 17.2 Å². The molecule has 0 radical (unpaired) electrons. The highest BCUT2D eigenvalue weighted by Gasteiger charge is 2.53. The van der Waals surface area contributed by atoms with Crippen LogP contribution in [-0.2, 0) is 4.79 Å². The highest BCUT2D eigenvalue weighted by atomic mass is 16.3. The summed E-state index contributed by atoms with van der Waals surface area (Å²) in [6.07, 6.45) is 3.82. The van der Waals surface area contributed by atoms with Gasteiger partial charge in [0.15, 0.2) is 0 Å². The molecular weight excluding hydrogens is 402 g/mol. The Morgan fingerprint density at radius 1 is 1.09 bits per heavy atom. The van der Waals surface area contributed by atoms with Crippen molar-refractivity contribution in [3.05, 3.63) is 59.7 Å². The fraction of sp³-hybridized carbons (Fsp3) is 0.423. The van der Waals surface area contributed by atoms with Gasteiger partial charge in [-0.15, -0.1) is 0 Å². The summed E-state index contributed by atoms with van der Waals surface area (Å²) < 4.78 is 0. The quantitative estimate of drug-likeness (QED) is 0.786. The largest absolute Gasteiger partial charge is 0.394 e. The van der Waals surface area contributed by atoms with Crippen LogP contribution in [0.15, 0.2) is 48.5 Å². The number of carbonyl (C=O) groups is 2. The van der Waals surface area contributed by atoms with Gasteiger partial charge < -0.3 is 14.9 Å². The number of aliphatic hydroxyl groups is 1. The van der Waals surface area contributed by atoms with Gasteiger partial charge in [-0.05, 0) is 41.7 Å². The van der Waals surface area contributed by atoms with Crippen LogP contribution in [0, 0.1) is 17.2 Å². The van der Waals surface area contributed by atoms with Crippen molar-refractivity contribution >= 4 is 11.8 Å². The van der Waals surface area contributed by atoms with E-state index in [1.807, 2.05) is 36.4 Å². The molecule has 2 aromatic rings. The third kappa shape index (κ3) is 3.78. The Labute approximate surface area is 189 Å². The van der Waals surface area contributed by atoms with Crippen LogP contribution >= 0.6 is 0 Å². The molecule has 0 unspecified atom stereocenters. The van der Waals surface area contributed by atoms with Crippen LogP contribution in [-0.4, -0.2) is 59.5 Å². The first-order chi connectivity index (χ1) is 15.5. The Kier molecular flexibility index (Phi) is 6.29. The van der Waals surface area contributed by atoms with E-state index in [1.54, 1.807) is 31.1 Å². The molecule has 0 spiro atoms. The van der Waals surface area contributed by atoms with E-state index < -0.39 is 12.1 Å². The van der Waals surface area contributed by atoms with Crippen LogP contribution < -0.4 is 0 Å². The molecule has 6 heteroatoms. The normalized spacial score (nSPS) is 22.8. The van der Waals surface area contributed by atoms with Gasteiger partial charge in [0.05, 0.1) is 18.7 Å². The van der Waals surface area contributed by atoms with Gasteiger partial charge in [0.2, 0.25) is 5.91 Å². The predicted octanol–water partition coefficient (Wildman–Crippen LogP) is 3.42. The molecule has 1 saturated carbocycles. The lowest BCUT2D eigenvalue weighted by atomic mass is 9.73. The Hall–Kier alpha value is -3.17. The minimum Gasteiger partial charge on any atom is -0.394 e. The average molecular weight is 432 g/mol. The number of nitriles is 1. The molecule has 4 rings (SSSR count). The summed E-state index contributed by atoms with van der Waals surface area (Å²) >= 11 is 0. The van der Waals surface area contributed by atoms with Crippen LogP contribution in [0.3, 0.4) is 0 Å². The lowest BCUT2D eigenvalue weighted by molar-refractivity contribution is -0.151. The van der Waals surface area contributed by atoms with Gasteiger partial charge in [0, 0.05) is 31.5 Å². The second-order valence-corrected chi connectivity index (χ2v) is 8.94. The van der Waals surface area contributed by atoms with E-state index in [1.165, 1.54) is 4.90 Å². The van der Waals surface area contributed by atoms with Crippen molar-refractivity contribution in [1.82, 2.24) is 9.80 Å². The smallest absolute Gasteiger partial charge is 0.253 e. The van der Waals surface area contributed by atoms with Crippen molar-refractivity contribution in [3.63, 3.8) is 0 Å². The number of amides is 2. The maximum Gasteiger partial charge on any atom is 0.253 e. The van der Waals surface area contributed by atoms with Gasteiger partial charge in [0.1, 0.15) is 6.04 Å². The van der Waals surface area contributed by atoms with Crippen LogP contribution in [0.5, 0.6) is 0 Å². The molecule has 2 amide bonds. The Balaban J connectivity index is 1.65. The Morgan fingerprint density at radius 3 is 2.34 bits per heavy atom. The topological polar surface area (TPSA) is 84.6 Å². The van der Waals surface area contributed by atoms with E-state index in [0.29, 0.717) is 5.56 Å². The monoisotopic (exact) mass is 431 g/mol. The molecule has 1 aliphatic carbocycles.